The zero-order valence-corrected chi connectivity index (χ0v) is 14.7. The summed E-state index contributed by atoms with van der Waals surface area (Å²) in [5, 5.41) is 2.63. The van der Waals surface area contributed by atoms with Gasteiger partial charge in [-0.3, -0.25) is 19.3 Å². The zero-order chi connectivity index (χ0) is 18.2. The van der Waals surface area contributed by atoms with Crippen LogP contribution < -0.4 is 5.32 Å². The molecule has 2 heterocycles. The van der Waals surface area contributed by atoms with Crippen molar-refractivity contribution in [2.75, 3.05) is 45.9 Å². The number of rotatable bonds is 6. The summed E-state index contributed by atoms with van der Waals surface area (Å²) in [7, 11) is 0. The van der Waals surface area contributed by atoms with E-state index in [1.165, 1.54) is 6.26 Å². The first kappa shape index (κ1) is 19.0. The molecule has 0 spiro atoms. The summed E-state index contributed by atoms with van der Waals surface area (Å²) < 4.78 is 10.0. The molecule has 1 aliphatic rings. The van der Waals surface area contributed by atoms with Crippen molar-refractivity contribution in [1.82, 2.24) is 15.1 Å². The molecule has 1 aromatic rings. The quantitative estimate of drug-likeness (QED) is 0.747. The molecule has 1 N–H and O–H groups in total. The highest BCUT2D eigenvalue weighted by molar-refractivity contribution is 5.97. The Hall–Kier alpha value is -2.35. The standard InChI is InChI=1S/C17H25N3O5/c1-3-24-16(22)12-19-6-4-7-20(9-8-19)15(21)11-18-17(23)14-5-10-25-13(14)2/h5,10H,3-4,6-9,11-12H2,1-2H3,(H,18,23). The molecule has 8 nitrogen and oxygen atoms in total. The summed E-state index contributed by atoms with van der Waals surface area (Å²) in [6.45, 7) is 6.52. The lowest BCUT2D eigenvalue weighted by Crippen LogP contribution is -2.42. The lowest BCUT2D eigenvalue weighted by atomic mass is 10.2. The van der Waals surface area contributed by atoms with Gasteiger partial charge < -0.3 is 19.4 Å². The molecular weight excluding hydrogens is 326 g/mol. The van der Waals surface area contributed by atoms with Gasteiger partial charge in [0.05, 0.1) is 31.5 Å². The van der Waals surface area contributed by atoms with Gasteiger partial charge in [-0.15, -0.1) is 0 Å². The molecule has 0 atom stereocenters. The van der Waals surface area contributed by atoms with E-state index in [0.717, 1.165) is 13.0 Å². The Bertz CT molecular complexity index is 613. The van der Waals surface area contributed by atoms with Gasteiger partial charge in [-0.25, -0.2) is 0 Å². The predicted octanol–water partition coefficient (Wildman–Crippen LogP) is 0.415. The zero-order valence-electron chi connectivity index (χ0n) is 14.7. The van der Waals surface area contributed by atoms with Crippen molar-refractivity contribution in [2.45, 2.75) is 20.3 Å². The van der Waals surface area contributed by atoms with Gasteiger partial charge in [-0.2, -0.15) is 0 Å². The lowest BCUT2D eigenvalue weighted by Gasteiger charge is -2.21. The van der Waals surface area contributed by atoms with E-state index in [9.17, 15) is 14.4 Å². The molecule has 1 aliphatic heterocycles. The summed E-state index contributed by atoms with van der Waals surface area (Å²) >= 11 is 0. The highest BCUT2D eigenvalue weighted by Gasteiger charge is 2.21. The number of hydrogen-bond donors (Lipinski definition) is 1. The maximum absolute atomic E-state index is 12.3. The number of amides is 2. The molecule has 1 saturated heterocycles. The van der Waals surface area contributed by atoms with Crippen molar-refractivity contribution < 1.29 is 23.5 Å². The highest BCUT2D eigenvalue weighted by atomic mass is 16.5. The summed E-state index contributed by atoms with van der Waals surface area (Å²) in [4.78, 5) is 39.6. The minimum Gasteiger partial charge on any atom is -0.469 e. The van der Waals surface area contributed by atoms with Crippen LogP contribution in [0.4, 0.5) is 0 Å². The second-order valence-electron chi connectivity index (χ2n) is 5.89. The molecule has 25 heavy (non-hydrogen) atoms. The molecule has 0 bridgehead atoms. The van der Waals surface area contributed by atoms with Gasteiger partial charge in [-0.1, -0.05) is 0 Å². The van der Waals surface area contributed by atoms with Crippen LogP contribution in [0.3, 0.4) is 0 Å². The van der Waals surface area contributed by atoms with E-state index >= 15 is 0 Å². The first-order chi connectivity index (χ1) is 12.0. The largest absolute Gasteiger partial charge is 0.469 e. The van der Waals surface area contributed by atoms with Crippen LogP contribution in [0.2, 0.25) is 0 Å². The number of hydrogen-bond acceptors (Lipinski definition) is 6. The van der Waals surface area contributed by atoms with Crippen LogP contribution >= 0.6 is 0 Å². The van der Waals surface area contributed by atoms with Gasteiger partial charge in [0.25, 0.3) is 5.91 Å². The van der Waals surface area contributed by atoms with E-state index in [2.05, 4.69) is 5.32 Å². The van der Waals surface area contributed by atoms with Crippen LogP contribution in [0.5, 0.6) is 0 Å². The normalized spacial score (nSPS) is 15.5. The maximum Gasteiger partial charge on any atom is 0.320 e. The van der Waals surface area contributed by atoms with E-state index < -0.39 is 0 Å². The van der Waals surface area contributed by atoms with Crippen LogP contribution in [0.25, 0.3) is 0 Å². The number of ether oxygens (including phenoxy) is 1. The topological polar surface area (TPSA) is 92.1 Å². The molecular formula is C17H25N3O5. The molecule has 0 unspecified atom stereocenters. The molecule has 1 aromatic heterocycles. The lowest BCUT2D eigenvalue weighted by molar-refractivity contribution is -0.144. The second-order valence-corrected chi connectivity index (χ2v) is 5.89. The number of carbonyl (C=O) groups excluding carboxylic acids is 3. The number of esters is 1. The molecule has 2 rings (SSSR count). The summed E-state index contributed by atoms with van der Waals surface area (Å²) in [5.74, 6) is -0.176. The first-order valence-corrected chi connectivity index (χ1v) is 8.49. The molecule has 2 amide bonds. The second kappa shape index (κ2) is 9.22. The SMILES string of the molecule is CCOC(=O)CN1CCCN(C(=O)CNC(=O)c2ccoc2C)CC1. The minimum absolute atomic E-state index is 0.0542. The van der Waals surface area contributed by atoms with Gasteiger partial charge in [0.1, 0.15) is 5.76 Å². The van der Waals surface area contributed by atoms with Gasteiger partial charge >= 0.3 is 5.97 Å². The Balaban J connectivity index is 1.77. The average Bonchev–Trinajstić information content (AvgIpc) is 2.87. The number of nitrogens with one attached hydrogen (secondary N) is 1. The number of nitrogens with zero attached hydrogens (tertiary/aromatic N) is 2. The Morgan fingerprint density at radius 3 is 2.72 bits per heavy atom. The Morgan fingerprint density at radius 2 is 2.04 bits per heavy atom. The molecule has 138 valence electrons. The van der Waals surface area contributed by atoms with Crippen molar-refractivity contribution in [2.24, 2.45) is 0 Å². The highest BCUT2D eigenvalue weighted by Crippen LogP contribution is 2.08. The van der Waals surface area contributed by atoms with Crippen molar-refractivity contribution in [3.8, 4) is 0 Å². The van der Waals surface area contributed by atoms with Gasteiger partial charge in [0.2, 0.25) is 5.91 Å². The molecule has 0 saturated carbocycles. The van der Waals surface area contributed by atoms with Crippen LogP contribution in [-0.4, -0.2) is 73.5 Å². The molecule has 0 aliphatic carbocycles. The molecule has 0 aromatic carbocycles. The number of carbonyl (C=O) groups is 3. The van der Waals surface area contributed by atoms with Gasteiger partial charge in [-0.05, 0) is 26.3 Å². The summed E-state index contributed by atoms with van der Waals surface area (Å²) in [6, 6.07) is 1.58. The number of furan rings is 1. The Kier molecular flexibility index (Phi) is 7.00. The molecule has 8 heteroatoms. The van der Waals surface area contributed by atoms with Crippen molar-refractivity contribution in [3.63, 3.8) is 0 Å². The van der Waals surface area contributed by atoms with E-state index in [1.54, 1.807) is 24.8 Å². The van der Waals surface area contributed by atoms with Gasteiger partial charge in [0.15, 0.2) is 0 Å². The van der Waals surface area contributed by atoms with Crippen LogP contribution in [0.15, 0.2) is 16.7 Å². The van der Waals surface area contributed by atoms with Gasteiger partial charge in [0, 0.05) is 26.2 Å². The maximum atomic E-state index is 12.3. The van der Waals surface area contributed by atoms with Crippen LogP contribution in [0.1, 0.15) is 29.5 Å². The summed E-state index contributed by atoms with van der Waals surface area (Å²) in [5.41, 5.74) is 0.435. The molecule has 1 fully saturated rings. The van der Waals surface area contributed by atoms with Crippen molar-refractivity contribution in [1.29, 1.82) is 0 Å². The smallest absolute Gasteiger partial charge is 0.320 e. The average molecular weight is 351 g/mol. The van der Waals surface area contributed by atoms with Crippen LogP contribution in [-0.2, 0) is 14.3 Å². The van der Waals surface area contributed by atoms with Crippen LogP contribution in [0, 0.1) is 6.92 Å². The predicted molar refractivity (Wildman–Crippen MR) is 90.0 cm³/mol. The summed E-state index contributed by atoms with van der Waals surface area (Å²) in [6.07, 6.45) is 2.22. The van der Waals surface area contributed by atoms with E-state index in [-0.39, 0.29) is 30.9 Å². The fourth-order valence-corrected chi connectivity index (χ4v) is 2.75. The third kappa shape index (κ3) is 5.60. The fraction of sp³-hybridized carbons (Fsp3) is 0.588. The van der Waals surface area contributed by atoms with Crippen molar-refractivity contribution in [3.05, 3.63) is 23.7 Å². The Labute approximate surface area is 147 Å². The van der Waals surface area contributed by atoms with E-state index in [0.29, 0.717) is 37.6 Å². The molecule has 0 radical (unpaired) electrons. The van der Waals surface area contributed by atoms with E-state index in [4.69, 9.17) is 9.15 Å². The minimum atomic E-state index is -0.321. The third-order valence-electron chi connectivity index (χ3n) is 4.10. The third-order valence-corrected chi connectivity index (χ3v) is 4.10. The Morgan fingerprint density at radius 1 is 1.24 bits per heavy atom. The monoisotopic (exact) mass is 351 g/mol. The van der Waals surface area contributed by atoms with Crippen molar-refractivity contribution >= 4 is 17.8 Å². The number of aryl methyl sites for hydroxylation is 1. The fourth-order valence-electron chi connectivity index (χ4n) is 2.75. The van der Waals surface area contributed by atoms with E-state index in [1.807, 2.05) is 4.90 Å². The first-order valence-electron chi connectivity index (χ1n) is 8.49.